The lowest BCUT2D eigenvalue weighted by molar-refractivity contribution is 0.273. The third-order valence-electron chi connectivity index (χ3n) is 3.99. The van der Waals surface area contributed by atoms with Crippen LogP contribution in [0.5, 0.6) is 0 Å². The number of piperazine rings is 1. The SMILES string of the molecule is Cc1[nH]c(=O)sc1S(=O)(=O)N1CCN(S(=O)(=O)c2cccc(F)c2)CC1. The summed E-state index contributed by atoms with van der Waals surface area (Å²) in [5.41, 5.74) is 0.259. The number of nitrogens with zero attached hydrogens (tertiary/aromatic N) is 2. The Morgan fingerprint density at radius 1 is 1.04 bits per heavy atom. The number of sulfonamides is 2. The van der Waals surface area contributed by atoms with E-state index < -0.39 is 30.7 Å². The minimum absolute atomic E-state index is 0.0532. The van der Waals surface area contributed by atoms with Gasteiger partial charge in [0.2, 0.25) is 10.0 Å². The first kappa shape index (κ1) is 19.2. The molecule has 0 aliphatic carbocycles. The van der Waals surface area contributed by atoms with E-state index in [2.05, 4.69) is 4.98 Å². The van der Waals surface area contributed by atoms with Crippen molar-refractivity contribution < 1.29 is 21.2 Å². The van der Waals surface area contributed by atoms with E-state index in [1.165, 1.54) is 19.1 Å². The summed E-state index contributed by atoms with van der Waals surface area (Å²) < 4.78 is 66.0. The quantitative estimate of drug-likeness (QED) is 0.777. The number of aromatic nitrogens is 1. The lowest BCUT2D eigenvalue weighted by Crippen LogP contribution is -2.50. The first-order valence-electron chi connectivity index (χ1n) is 7.58. The number of benzene rings is 1. The number of hydrogen-bond acceptors (Lipinski definition) is 6. The molecule has 12 heteroatoms. The predicted octanol–water partition coefficient (Wildman–Crippen LogP) is 0.579. The van der Waals surface area contributed by atoms with E-state index in [0.717, 1.165) is 20.7 Å². The third-order valence-corrected chi connectivity index (χ3v) is 9.36. The highest BCUT2D eigenvalue weighted by atomic mass is 32.2. The minimum Gasteiger partial charge on any atom is -0.315 e. The molecule has 1 aliphatic heterocycles. The van der Waals surface area contributed by atoms with Gasteiger partial charge in [-0.05, 0) is 25.1 Å². The van der Waals surface area contributed by atoms with E-state index >= 15 is 0 Å². The normalized spacial score (nSPS) is 17.5. The molecule has 3 rings (SSSR count). The summed E-state index contributed by atoms with van der Waals surface area (Å²) in [6.07, 6.45) is 0. The topological polar surface area (TPSA) is 108 Å². The van der Waals surface area contributed by atoms with Gasteiger partial charge in [-0.3, -0.25) is 4.79 Å². The average Bonchev–Trinajstić information content (AvgIpc) is 2.94. The van der Waals surface area contributed by atoms with Crippen molar-refractivity contribution in [3.63, 3.8) is 0 Å². The molecule has 0 bridgehead atoms. The van der Waals surface area contributed by atoms with Gasteiger partial charge >= 0.3 is 4.87 Å². The van der Waals surface area contributed by atoms with Gasteiger partial charge in [-0.15, -0.1) is 0 Å². The molecule has 2 aromatic rings. The molecular formula is C14H16FN3O5S3. The van der Waals surface area contributed by atoms with E-state index in [1.807, 2.05) is 0 Å². The lowest BCUT2D eigenvalue weighted by Gasteiger charge is -2.33. The number of hydrogen-bond donors (Lipinski definition) is 1. The maximum atomic E-state index is 13.3. The zero-order chi connectivity index (χ0) is 19.1. The number of rotatable bonds is 4. The summed E-state index contributed by atoms with van der Waals surface area (Å²) in [6.45, 7) is 1.27. The molecule has 26 heavy (non-hydrogen) atoms. The molecule has 1 N–H and O–H groups in total. The molecule has 1 aliphatic rings. The highest BCUT2D eigenvalue weighted by Gasteiger charge is 2.35. The molecule has 0 unspecified atom stereocenters. The summed E-state index contributed by atoms with van der Waals surface area (Å²) >= 11 is 0.605. The molecule has 142 valence electrons. The Hall–Kier alpha value is -1.60. The number of aryl methyl sites for hydroxylation is 1. The van der Waals surface area contributed by atoms with Gasteiger partial charge in [-0.1, -0.05) is 17.4 Å². The molecule has 0 amide bonds. The highest BCUT2D eigenvalue weighted by Crippen LogP contribution is 2.24. The first-order chi connectivity index (χ1) is 12.1. The molecule has 0 radical (unpaired) electrons. The largest absolute Gasteiger partial charge is 0.315 e. The van der Waals surface area contributed by atoms with Crippen LogP contribution in [-0.4, -0.2) is 56.6 Å². The van der Waals surface area contributed by atoms with Gasteiger partial charge < -0.3 is 4.98 Å². The Labute approximate surface area is 154 Å². The highest BCUT2D eigenvalue weighted by molar-refractivity contribution is 7.91. The molecule has 0 saturated carbocycles. The van der Waals surface area contributed by atoms with Crippen LogP contribution >= 0.6 is 11.3 Å². The second-order valence-electron chi connectivity index (χ2n) is 5.69. The van der Waals surface area contributed by atoms with E-state index in [4.69, 9.17) is 0 Å². The van der Waals surface area contributed by atoms with Gasteiger partial charge in [0.15, 0.2) is 4.21 Å². The molecule has 0 spiro atoms. The second kappa shape index (κ2) is 6.85. The summed E-state index contributed by atoms with van der Waals surface area (Å²) in [7, 11) is -7.78. The van der Waals surface area contributed by atoms with E-state index in [-0.39, 0.29) is 41.0 Å². The van der Waals surface area contributed by atoms with Crippen LogP contribution in [0.4, 0.5) is 4.39 Å². The monoisotopic (exact) mass is 421 g/mol. The van der Waals surface area contributed by atoms with Crippen molar-refractivity contribution in [3.05, 3.63) is 45.4 Å². The van der Waals surface area contributed by atoms with Crippen molar-refractivity contribution in [2.75, 3.05) is 26.2 Å². The van der Waals surface area contributed by atoms with Crippen molar-refractivity contribution in [3.8, 4) is 0 Å². The number of thiazole rings is 1. The van der Waals surface area contributed by atoms with E-state index in [9.17, 15) is 26.0 Å². The maximum Gasteiger partial charge on any atom is 0.305 e. The summed E-state index contributed by atoms with van der Waals surface area (Å²) in [5, 5.41) is 0. The van der Waals surface area contributed by atoms with Crippen LogP contribution < -0.4 is 4.87 Å². The zero-order valence-corrected chi connectivity index (χ0v) is 16.1. The van der Waals surface area contributed by atoms with Crippen molar-refractivity contribution in [2.24, 2.45) is 0 Å². The lowest BCUT2D eigenvalue weighted by atomic mass is 10.4. The molecule has 1 aromatic carbocycles. The first-order valence-corrected chi connectivity index (χ1v) is 11.3. The second-order valence-corrected chi connectivity index (χ2v) is 10.7. The maximum absolute atomic E-state index is 13.3. The van der Waals surface area contributed by atoms with Crippen molar-refractivity contribution >= 4 is 31.4 Å². The van der Waals surface area contributed by atoms with Crippen molar-refractivity contribution in [1.82, 2.24) is 13.6 Å². The van der Waals surface area contributed by atoms with Gasteiger partial charge in [0.05, 0.1) is 4.90 Å². The molecule has 8 nitrogen and oxygen atoms in total. The molecule has 1 fully saturated rings. The number of aromatic amines is 1. The van der Waals surface area contributed by atoms with Crippen LogP contribution in [0.1, 0.15) is 5.69 Å². The predicted molar refractivity (Wildman–Crippen MR) is 93.6 cm³/mol. The van der Waals surface area contributed by atoms with Crippen molar-refractivity contribution in [2.45, 2.75) is 16.0 Å². The molecular weight excluding hydrogens is 405 g/mol. The minimum atomic E-state index is -3.90. The summed E-state index contributed by atoms with van der Waals surface area (Å²) in [4.78, 5) is 13.2. The van der Waals surface area contributed by atoms with Gasteiger partial charge in [-0.2, -0.15) is 8.61 Å². The fourth-order valence-electron chi connectivity index (χ4n) is 2.68. The Morgan fingerprint density at radius 2 is 1.62 bits per heavy atom. The van der Waals surface area contributed by atoms with E-state index in [0.29, 0.717) is 11.3 Å². The summed E-state index contributed by atoms with van der Waals surface area (Å²) in [6, 6.07) is 4.68. The molecule has 2 heterocycles. The Bertz CT molecular complexity index is 1080. The average molecular weight is 421 g/mol. The zero-order valence-electron chi connectivity index (χ0n) is 13.7. The van der Waals surface area contributed by atoms with Crippen LogP contribution in [-0.2, 0) is 20.0 Å². The summed E-state index contributed by atoms with van der Waals surface area (Å²) in [5.74, 6) is -0.662. The fraction of sp³-hybridized carbons (Fsp3) is 0.357. The van der Waals surface area contributed by atoms with Gasteiger partial charge in [0, 0.05) is 31.9 Å². The van der Waals surface area contributed by atoms with Crippen LogP contribution in [0.15, 0.2) is 38.2 Å². The number of H-pyrrole nitrogens is 1. The Morgan fingerprint density at radius 3 is 2.12 bits per heavy atom. The molecule has 0 atom stereocenters. The van der Waals surface area contributed by atoms with Crippen LogP contribution in [0.2, 0.25) is 0 Å². The van der Waals surface area contributed by atoms with Crippen LogP contribution in [0, 0.1) is 12.7 Å². The van der Waals surface area contributed by atoms with Crippen molar-refractivity contribution in [1.29, 1.82) is 0 Å². The standard InChI is InChI=1S/C14H16FN3O5S3/c1-10-13(24-14(19)16-10)26(22,23)18-7-5-17(6-8-18)25(20,21)12-4-2-3-11(15)9-12/h2-4,9H,5-8H2,1H3,(H,16,19). The third kappa shape index (κ3) is 3.47. The van der Waals surface area contributed by atoms with Crippen LogP contribution in [0.25, 0.3) is 0 Å². The molecule has 1 aromatic heterocycles. The Balaban J connectivity index is 1.79. The van der Waals surface area contributed by atoms with Gasteiger partial charge in [-0.25, -0.2) is 21.2 Å². The van der Waals surface area contributed by atoms with Gasteiger partial charge in [0.1, 0.15) is 5.82 Å². The van der Waals surface area contributed by atoms with Crippen LogP contribution in [0.3, 0.4) is 0 Å². The number of nitrogens with one attached hydrogen (secondary N) is 1. The Kier molecular flexibility index (Phi) is 5.05. The molecule has 1 saturated heterocycles. The van der Waals surface area contributed by atoms with Gasteiger partial charge in [0.25, 0.3) is 10.0 Å². The smallest absolute Gasteiger partial charge is 0.305 e. The fourth-order valence-corrected chi connectivity index (χ4v) is 6.99. The number of halogens is 1. The van der Waals surface area contributed by atoms with E-state index in [1.54, 1.807) is 0 Å².